The molecule has 10 amide bonds. The van der Waals surface area contributed by atoms with Gasteiger partial charge in [-0.3, -0.25) is 96.0 Å². The molecular weight excluding hydrogens is 1710 g/mol. The Morgan fingerprint density at radius 2 is 1.02 bits per heavy atom. The highest BCUT2D eigenvalue weighted by atomic mass is 32.2. The van der Waals surface area contributed by atoms with Gasteiger partial charge in [0.1, 0.15) is 22.9 Å². The van der Waals surface area contributed by atoms with E-state index in [4.69, 9.17) is 10.2 Å². The third-order valence-electron chi connectivity index (χ3n) is 22.1. The van der Waals surface area contributed by atoms with Crippen molar-refractivity contribution in [1.29, 1.82) is 0 Å². The number of aliphatic carboxylic acids is 2. The number of carbonyl (C=O) groups is 20. The van der Waals surface area contributed by atoms with E-state index in [1.54, 1.807) is 0 Å². The second kappa shape index (κ2) is 47.4. The number of rotatable bonds is 54. The minimum atomic E-state index is -1.54. The lowest BCUT2D eigenvalue weighted by atomic mass is 9.89. The number of aromatic hydroxyl groups is 1. The molecule has 0 spiro atoms. The number of carboxylic acids is 3. The number of nitrogens with one attached hydrogen (secondary N) is 9. The number of carboxylic acid groups (broad SMARTS) is 3. The van der Waals surface area contributed by atoms with Crippen LogP contribution in [0.4, 0.5) is 0 Å². The maximum Gasteiger partial charge on any atom is 0.336 e. The third kappa shape index (κ3) is 29.9. The SMILES string of the molecule is CC(=O)C[C@@H](CCC(=O)O)C(=O)N[C@@H](Cc1c[nH]cn1)C(=O)C[C@H](C(=O)N[C@H](C)C(=O)C[C@H](C)C(=O)N[C@H](C)C(=O)C[C@H](CSC1CC(=O)N(CCNC(=O)c2ccc(C(=O)O)c(-c3c4ccc(=O)cc-4oc4cc(O)ccc34)c2)C1=O)C(=O)N[C@H](C)C(=O)C[C@H](C)C(=O)N[C@H](C)C(=O)C[C@@H](C(=O)N[C@H](Cc1c[nH]cn1)C(=O)C[C@H](CCC(=O)O)C(N)=O)[C@H](C)O)[C@@H](C)O. The number of imide groups is 1. The molecule has 4 aromatic rings. The maximum absolute atomic E-state index is 14.6. The van der Waals surface area contributed by atoms with Crippen LogP contribution in [0.15, 0.2) is 88.9 Å². The molecule has 4 heterocycles. The number of hydrogen-bond donors (Lipinski definition) is 16. The summed E-state index contributed by atoms with van der Waals surface area (Å²) in [5, 5.41) is 77.5. The van der Waals surface area contributed by atoms with E-state index in [0.29, 0.717) is 5.39 Å². The molecular formula is C87H107N13O28S. The third-order valence-corrected chi connectivity index (χ3v) is 23.4. The quantitative estimate of drug-likeness (QED) is 0.0190. The van der Waals surface area contributed by atoms with E-state index in [2.05, 4.69) is 57.2 Å². The number of nitrogens with zero attached hydrogens (tertiary/aromatic N) is 3. The van der Waals surface area contributed by atoms with Crippen LogP contribution in [0.3, 0.4) is 0 Å². The van der Waals surface area contributed by atoms with E-state index in [-0.39, 0.29) is 94.9 Å². The Hall–Kier alpha value is -13.4. The largest absolute Gasteiger partial charge is 0.508 e. The molecule has 3 aliphatic rings. The number of H-pyrrole nitrogens is 2. The molecule has 1 fully saturated rings. The van der Waals surface area contributed by atoms with Gasteiger partial charge in [-0.1, -0.05) is 13.8 Å². The minimum absolute atomic E-state index is 0.0191. The lowest BCUT2D eigenvalue weighted by molar-refractivity contribution is -0.139. The first-order chi connectivity index (χ1) is 60.7. The molecule has 2 aromatic heterocycles. The Morgan fingerprint density at radius 1 is 0.543 bits per heavy atom. The minimum Gasteiger partial charge on any atom is -0.508 e. The van der Waals surface area contributed by atoms with Gasteiger partial charge in [0.15, 0.2) is 40.1 Å². The van der Waals surface area contributed by atoms with Crippen molar-refractivity contribution in [3.8, 4) is 28.2 Å². The number of fused-ring (bicyclic) bond motifs is 2. The maximum atomic E-state index is 14.6. The fourth-order valence-corrected chi connectivity index (χ4v) is 15.6. The van der Waals surface area contributed by atoms with Gasteiger partial charge in [0, 0.05) is 166 Å². The van der Waals surface area contributed by atoms with Gasteiger partial charge in [-0.15, -0.1) is 11.8 Å². The molecule has 2 aromatic carbocycles. The zero-order chi connectivity index (χ0) is 95.7. The number of aromatic nitrogens is 4. The van der Waals surface area contributed by atoms with Gasteiger partial charge >= 0.3 is 17.9 Å². The van der Waals surface area contributed by atoms with Gasteiger partial charge in [-0.25, -0.2) is 14.8 Å². The Labute approximate surface area is 742 Å². The average Bonchev–Trinajstić information content (AvgIpc) is 1.53. The molecule has 41 nitrogen and oxygen atoms in total. The number of hydrogen-bond acceptors (Lipinski definition) is 28. The summed E-state index contributed by atoms with van der Waals surface area (Å²) >= 11 is 0.778. The molecule has 1 saturated heterocycles. The zero-order valence-electron chi connectivity index (χ0n) is 72.3. The lowest BCUT2D eigenvalue weighted by Gasteiger charge is -2.25. The smallest absolute Gasteiger partial charge is 0.336 e. The van der Waals surface area contributed by atoms with E-state index in [1.165, 1.54) is 142 Å². The molecule has 16 atom stereocenters. The predicted molar refractivity (Wildman–Crippen MR) is 457 cm³/mol. The van der Waals surface area contributed by atoms with Gasteiger partial charge in [-0.05, 0) is 109 Å². The summed E-state index contributed by atoms with van der Waals surface area (Å²) < 4.78 is 5.92. The average molecular weight is 1810 g/mol. The van der Waals surface area contributed by atoms with Crippen LogP contribution in [0, 0.1) is 41.4 Å². The van der Waals surface area contributed by atoms with Crippen LogP contribution in [-0.2, 0) is 99.1 Å². The molecule has 694 valence electrons. The van der Waals surface area contributed by atoms with Crippen LogP contribution in [-0.4, -0.2) is 245 Å². The van der Waals surface area contributed by atoms with Crippen molar-refractivity contribution in [1.82, 2.24) is 62.1 Å². The van der Waals surface area contributed by atoms with Crippen LogP contribution in [0.5, 0.6) is 5.75 Å². The van der Waals surface area contributed by atoms with Crippen molar-refractivity contribution in [2.45, 2.75) is 206 Å². The van der Waals surface area contributed by atoms with Crippen LogP contribution >= 0.6 is 11.8 Å². The first-order valence-electron chi connectivity index (χ1n) is 41.6. The Morgan fingerprint density at radius 3 is 1.53 bits per heavy atom. The molecule has 17 N–H and O–H groups in total. The molecule has 1 aliphatic carbocycles. The van der Waals surface area contributed by atoms with Crippen molar-refractivity contribution < 1.29 is 131 Å². The van der Waals surface area contributed by atoms with Crippen molar-refractivity contribution >= 4 is 140 Å². The van der Waals surface area contributed by atoms with Crippen molar-refractivity contribution in [3.63, 3.8) is 0 Å². The topological polar surface area (TPSA) is 664 Å². The summed E-state index contributed by atoms with van der Waals surface area (Å²) in [7, 11) is 0. The normalized spacial score (nSPS) is 16.1. The van der Waals surface area contributed by atoms with E-state index < -0.39 is 288 Å². The summed E-state index contributed by atoms with van der Waals surface area (Å²) in [5.74, 6) is -27.7. The summed E-state index contributed by atoms with van der Waals surface area (Å²) in [6, 6.07) is 3.15. The monoisotopic (exact) mass is 1810 g/mol. The number of primary amides is 1. The van der Waals surface area contributed by atoms with Gasteiger partial charge in [0.05, 0.1) is 101 Å². The number of likely N-dealkylation sites (tertiary alicyclic amines) is 1. The number of amides is 10. The van der Waals surface area contributed by atoms with E-state index in [1.807, 2.05) is 0 Å². The number of benzene rings is 3. The molecule has 0 saturated carbocycles. The number of aliphatic hydroxyl groups is 2. The fourth-order valence-electron chi connectivity index (χ4n) is 14.3. The van der Waals surface area contributed by atoms with Crippen molar-refractivity contribution in [2.75, 3.05) is 18.8 Å². The number of imidazole rings is 2. The summed E-state index contributed by atoms with van der Waals surface area (Å²) in [6.45, 7) is 10.5. The molecule has 7 rings (SSSR count). The van der Waals surface area contributed by atoms with Crippen LogP contribution < -0.4 is 48.4 Å². The van der Waals surface area contributed by atoms with E-state index in [0.717, 1.165) is 16.7 Å². The standard InChI is InChI=1S/C87H107N13O28S/c1-40(80(119)95-46(7)68(109)32-60(47(8)102)85(124)99-63(28-53-35-89-38-92-53)69(110)26-49(78(88)117)11-18-75(113)114)22-65(106)43(4)96-83(122)52(37-129-73-34-74(112)100(86(73)125)21-20-91-81(120)51-10-15-57(87(126)127)62(25-51)77-58-16-13-55(104)30-71(58)128-72-31-56(105)14-17-59(72)77)27-67(108)45(6)94-79(118)41(2)23-66(107)44(5)97-84(123)61(48(9)103)33-70(111)64(29-54-36-90-39-93-54)98-82(121)50(24-42(3)101)12-19-76(115)116/h10,13-17,25,30-31,35-36,38-41,43-50,52,60-61,63-64,73,102-104H,11-12,18-24,26-29,32-34,37H2,1-9H3,(H2,88,117)(H,89,92)(H,90,93)(H,91,120)(H,94,118)(H,95,119)(H,96,122)(H,97,123)(H,98,121)(H,99,124)(H,113,114)(H,115,116)(H,126,127)/t40-,41-,43+,44+,45+,46+,47-,48+,49-,50+,52+,60+,61-,63+,64-,73?/m0/s1. The summed E-state index contributed by atoms with van der Waals surface area (Å²) in [4.78, 5) is 295. The molecule has 42 heteroatoms. The molecule has 1 unspecified atom stereocenters. The Bertz CT molecular complexity index is 5240. The van der Waals surface area contributed by atoms with Gasteiger partial charge in [0.25, 0.3) is 5.91 Å². The highest BCUT2D eigenvalue weighted by Gasteiger charge is 2.42. The second-order valence-corrected chi connectivity index (χ2v) is 33.6. The van der Waals surface area contributed by atoms with Gasteiger partial charge < -0.3 is 92.8 Å². The molecule has 0 bridgehead atoms. The molecule has 2 aliphatic heterocycles. The number of phenols is 1. The van der Waals surface area contributed by atoms with Crippen LogP contribution in [0.2, 0.25) is 0 Å². The second-order valence-electron chi connectivity index (χ2n) is 32.4. The number of phenolic OH excluding ortho intramolecular Hbond substituents is 1. The summed E-state index contributed by atoms with van der Waals surface area (Å²) in [5.41, 5.74) is 5.89. The fraction of sp³-hybridized carbons (Fsp3) is 0.483. The number of Topliss-reactive ketones (excluding diaryl/α,β-unsaturated/α-hetero) is 7. The first-order valence-corrected chi connectivity index (χ1v) is 42.6. The van der Waals surface area contributed by atoms with Crippen LogP contribution in [0.1, 0.15) is 171 Å². The number of aromatic carboxylic acids is 1. The number of thioether (sulfide) groups is 1. The molecule has 129 heavy (non-hydrogen) atoms. The lowest BCUT2D eigenvalue weighted by Crippen LogP contribution is -2.49. The highest BCUT2D eigenvalue weighted by molar-refractivity contribution is 8.00. The van der Waals surface area contributed by atoms with Crippen molar-refractivity contribution in [2.24, 2.45) is 47.2 Å². The predicted octanol–water partition coefficient (Wildman–Crippen LogP) is 1.54. The Balaban J connectivity index is 1.01. The summed E-state index contributed by atoms with van der Waals surface area (Å²) in [6.07, 6.45) is -4.31. The number of nitrogens with two attached hydrogens (primary N) is 1. The Kier molecular flexibility index (Phi) is 37.8. The van der Waals surface area contributed by atoms with Gasteiger partial charge in [-0.2, -0.15) is 0 Å². The van der Waals surface area contributed by atoms with Gasteiger partial charge in [0.2, 0.25) is 53.2 Å². The first kappa shape index (κ1) is 103. The van der Waals surface area contributed by atoms with E-state index in [9.17, 15) is 131 Å². The highest BCUT2D eigenvalue weighted by Crippen LogP contribution is 2.43. The van der Waals surface area contributed by atoms with Crippen LogP contribution in [0.25, 0.3) is 33.4 Å². The van der Waals surface area contributed by atoms with Crippen molar-refractivity contribution in [3.05, 3.63) is 112 Å². The molecule has 0 radical (unpaired) electrons. The number of ketones is 7. The zero-order valence-corrected chi connectivity index (χ0v) is 73.1. The number of aromatic amines is 2. The number of aliphatic hydroxyl groups excluding tert-OH is 2. The number of carbonyl (C=O) groups excluding carboxylic acids is 17. The van der Waals surface area contributed by atoms with E-state index >= 15 is 0 Å².